The molecular weight excluding hydrogens is 254 g/mol. The Labute approximate surface area is 118 Å². The fourth-order valence-corrected chi connectivity index (χ4v) is 1.88. The predicted molar refractivity (Wildman–Crippen MR) is 73.6 cm³/mol. The number of aromatic nitrogens is 2. The highest BCUT2D eigenvalue weighted by molar-refractivity contribution is 5.76. The number of rotatable bonds is 8. The van der Waals surface area contributed by atoms with E-state index in [1.807, 2.05) is 0 Å². The van der Waals surface area contributed by atoms with Crippen molar-refractivity contribution in [3.8, 4) is 12.3 Å². The first kappa shape index (κ1) is 14.1. The average molecular weight is 271 g/mol. The molecule has 1 aliphatic rings. The first-order valence-electron chi connectivity index (χ1n) is 6.62. The molecular formula is C14H17N5O. The molecule has 2 heterocycles. The molecule has 1 aromatic rings. The monoisotopic (exact) mass is 271 g/mol. The summed E-state index contributed by atoms with van der Waals surface area (Å²) in [6.45, 7) is 0.581. The van der Waals surface area contributed by atoms with Gasteiger partial charge in [0.1, 0.15) is 6.33 Å². The van der Waals surface area contributed by atoms with Crippen LogP contribution in [0, 0.1) is 12.3 Å². The molecule has 1 aliphatic heterocycles. The Kier molecular flexibility index (Phi) is 4.77. The van der Waals surface area contributed by atoms with E-state index in [9.17, 15) is 4.79 Å². The quantitative estimate of drug-likeness (QED) is 0.727. The van der Waals surface area contributed by atoms with Crippen LogP contribution >= 0.6 is 0 Å². The van der Waals surface area contributed by atoms with E-state index in [0.717, 1.165) is 18.4 Å². The summed E-state index contributed by atoms with van der Waals surface area (Å²) in [4.78, 5) is 19.6. The third-order valence-corrected chi connectivity index (χ3v) is 3.15. The molecule has 20 heavy (non-hydrogen) atoms. The fraction of sp³-hybridized carbons (Fsp3) is 0.500. The number of nitrogens with one attached hydrogen (secondary N) is 1. The molecule has 0 radical (unpaired) electrons. The number of hydrogen-bond acceptors (Lipinski definition) is 5. The van der Waals surface area contributed by atoms with Gasteiger partial charge in [0.15, 0.2) is 5.66 Å². The summed E-state index contributed by atoms with van der Waals surface area (Å²) in [6.07, 6.45) is 13.4. The number of terminal acetylenes is 1. The standard InChI is InChI=1S/C14H17N5O/c1-2-3-6-14(18-19-14)7-4-13(20)17-8-5-12-9-15-11-16-10-12/h1,9-11H,3-8H2,(H,17,20). The van der Waals surface area contributed by atoms with E-state index < -0.39 is 0 Å². The first-order valence-corrected chi connectivity index (χ1v) is 6.62. The van der Waals surface area contributed by atoms with Crippen LogP contribution in [0.25, 0.3) is 0 Å². The lowest BCUT2D eigenvalue weighted by Gasteiger charge is -2.09. The SMILES string of the molecule is C#CCCC1(CCC(=O)NCCc2cncnc2)N=N1. The topological polar surface area (TPSA) is 79.6 Å². The molecule has 0 saturated carbocycles. The molecule has 1 N–H and O–H groups in total. The van der Waals surface area contributed by atoms with Crippen LogP contribution in [-0.2, 0) is 11.2 Å². The van der Waals surface area contributed by atoms with E-state index in [4.69, 9.17) is 6.42 Å². The van der Waals surface area contributed by atoms with Gasteiger partial charge in [-0.3, -0.25) is 4.79 Å². The van der Waals surface area contributed by atoms with E-state index in [1.165, 1.54) is 6.33 Å². The summed E-state index contributed by atoms with van der Waals surface area (Å²) in [7, 11) is 0. The molecule has 0 aromatic carbocycles. The smallest absolute Gasteiger partial charge is 0.220 e. The maximum atomic E-state index is 11.7. The zero-order chi connectivity index (χ0) is 14.3. The molecule has 6 nitrogen and oxygen atoms in total. The maximum Gasteiger partial charge on any atom is 0.220 e. The van der Waals surface area contributed by atoms with Crippen LogP contribution < -0.4 is 5.32 Å². The van der Waals surface area contributed by atoms with Gasteiger partial charge in [-0.15, -0.1) is 12.3 Å². The second-order valence-electron chi connectivity index (χ2n) is 4.73. The van der Waals surface area contributed by atoms with Crippen molar-refractivity contribution in [2.24, 2.45) is 10.2 Å². The van der Waals surface area contributed by atoms with Crippen molar-refractivity contribution < 1.29 is 4.79 Å². The Morgan fingerprint density at radius 2 is 2.05 bits per heavy atom. The summed E-state index contributed by atoms with van der Waals surface area (Å²) in [6, 6.07) is 0. The van der Waals surface area contributed by atoms with Crippen LogP contribution in [0.3, 0.4) is 0 Å². The Morgan fingerprint density at radius 3 is 2.70 bits per heavy atom. The highest BCUT2D eigenvalue weighted by Crippen LogP contribution is 2.37. The van der Waals surface area contributed by atoms with E-state index >= 15 is 0 Å². The summed E-state index contributed by atoms with van der Waals surface area (Å²) in [5.74, 6) is 2.58. The minimum atomic E-state index is -0.378. The van der Waals surface area contributed by atoms with Crippen LogP contribution in [0.4, 0.5) is 0 Å². The third-order valence-electron chi connectivity index (χ3n) is 3.15. The van der Waals surface area contributed by atoms with Gasteiger partial charge in [0.25, 0.3) is 0 Å². The van der Waals surface area contributed by atoms with Gasteiger partial charge in [0.05, 0.1) is 0 Å². The fourth-order valence-electron chi connectivity index (χ4n) is 1.88. The normalized spacial score (nSPS) is 14.6. The Balaban J connectivity index is 1.60. The number of carbonyl (C=O) groups excluding carboxylic acids is 1. The van der Waals surface area contributed by atoms with Crippen LogP contribution in [-0.4, -0.2) is 28.1 Å². The molecule has 0 unspecified atom stereocenters. The molecule has 2 rings (SSSR count). The van der Waals surface area contributed by atoms with Gasteiger partial charge in [0.2, 0.25) is 5.91 Å². The summed E-state index contributed by atoms with van der Waals surface area (Å²) >= 11 is 0. The van der Waals surface area contributed by atoms with Gasteiger partial charge in [-0.2, -0.15) is 10.2 Å². The number of amides is 1. The zero-order valence-corrected chi connectivity index (χ0v) is 11.2. The molecule has 0 aliphatic carbocycles. The summed E-state index contributed by atoms with van der Waals surface area (Å²) in [5, 5.41) is 10.9. The second kappa shape index (κ2) is 6.75. The lowest BCUT2D eigenvalue weighted by molar-refractivity contribution is -0.121. The van der Waals surface area contributed by atoms with Crippen molar-refractivity contribution in [3.63, 3.8) is 0 Å². The molecule has 0 saturated heterocycles. The van der Waals surface area contributed by atoms with Gasteiger partial charge in [-0.25, -0.2) is 9.97 Å². The van der Waals surface area contributed by atoms with Crippen molar-refractivity contribution in [1.29, 1.82) is 0 Å². The van der Waals surface area contributed by atoms with Crippen LogP contribution in [0.2, 0.25) is 0 Å². The minimum Gasteiger partial charge on any atom is -0.356 e. The Hall–Kier alpha value is -2.29. The summed E-state index contributed by atoms with van der Waals surface area (Å²) < 4.78 is 0. The minimum absolute atomic E-state index is 0.0132. The second-order valence-corrected chi connectivity index (χ2v) is 4.73. The molecule has 0 spiro atoms. The van der Waals surface area contributed by atoms with Gasteiger partial charge in [0, 0.05) is 44.6 Å². The van der Waals surface area contributed by atoms with E-state index in [-0.39, 0.29) is 11.6 Å². The van der Waals surface area contributed by atoms with E-state index in [0.29, 0.717) is 25.8 Å². The van der Waals surface area contributed by atoms with E-state index in [1.54, 1.807) is 12.4 Å². The third kappa shape index (κ3) is 4.43. The highest BCUT2D eigenvalue weighted by Gasteiger charge is 2.39. The molecule has 0 atom stereocenters. The first-order chi connectivity index (χ1) is 9.74. The predicted octanol–water partition coefficient (Wildman–Crippen LogP) is 1.49. The number of carbonyl (C=O) groups is 1. The number of hydrogen-bond donors (Lipinski definition) is 1. The van der Waals surface area contributed by atoms with Crippen molar-refractivity contribution in [3.05, 3.63) is 24.3 Å². The van der Waals surface area contributed by atoms with Crippen LogP contribution in [0.1, 0.15) is 31.2 Å². The molecule has 0 bridgehead atoms. The maximum absolute atomic E-state index is 11.7. The average Bonchev–Trinajstić information content (AvgIpc) is 3.25. The van der Waals surface area contributed by atoms with Crippen molar-refractivity contribution in [1.82, 2.24) is 15.3 Å². The zero-order valence-electron chi connectivity index (χ0n) is 11.2. The van der Waals surface area contributed by atoms with Gasteiger partial charge >= 0.3 is 0 Å². The molecule has 6 heteroatoms. The highest BCUT2D eigenvalue weighted by atomic mass is 16.1. The number of nitrogens with zero attached hydrogens (tertiary/aromatic N) is 4. The van der Waals surface area contributed by atoms with Crippen LogP contribution in [0.15, 0.2) is 28.9 Å². The van der Waals surface area contributed by atoms with Crippen molar-refractivity contribution >= 4 is 5.91 Å². The Morgan fingerprint density at radius 1 is 1.30 bits per heavy atom. The molecule has 1 amide bonds. The van der Waals surface area contributed by atoms with Gasteiger partial charge in [-0.1, -0.05) is 0 Å². The van der Waals surface area contributed by atoms with Crippen LogP contribution in [0.5, 0.6) is 0 Å². The molecule has 0 fully saturated rings. The van der Waals surface area contributed by atoms with E-state index in [2.05, 4.69) is 31.4 Å². The Bertz CT molecular complexity index is 514. The largest absolute Gasteiger partial charge is 0.356 e. The molecule has 1 aromatic heterocycles. The molecule has 104 valence electrons. The van der Waals surface area contributed by atoms with Gasteiger partial charge < -0.3 is 5.32 Å². The lowest BCUT2D eigenvalue weighted by Crippen LogP contribution is -2.27. The summed E-state index contributed by atoms with van der Waals surface area (Å²) in [5.41, 5.74) is 0.627. The van der Waals surface area contributed by atoms with Crippen molar-refractivity contribution in [2.45, 2.75) is 37.8 Å². The lowest BCUT2D eigenvalue weighted by atomic mass is 10.0. The van der Waals surface area contributed by atoms with Gasteiger partial charge in [-0.05, 0) is 12.0 Å². The van der Waals surface area contributed by atoms with Crippen molar-refractivity contribution in [2.75, 3.05) is 6.54 Å².